The third-order valence-corrected chi connectivity index (χ3v) is 3.74. The summed E-state index contributed by atoms with van der Waals surface area (Å²) < 4.78 is 26.2. The van der Waals surface area contributed by atoms with Gasteiger partial charge in [0, 0.05) is 12.4 Å². The predicted molar refractivity (Wildman–Crippen MR) is 79.2 cm³/mol. The molecule has 0 spiro atoms. The number of hydrogen-bond donors (Lipinski definition) is 2. The molecule has 0 fully saturated rings. The highest BCUT2D eigenvalue weighted by molar-refractivity contribution is 7.88. The van der Waals surface area contributed by atoms with Crippen LogP contribution in [0.3, 0.4) is 0 Å². The van der Waals surface area contributed by atoms with Crippen LogP contribution in [0, 0.1) is 6.92 Å². The Hall–Kier alpha value is -1.93. The fourth-order valence-electron chi connectivity index (χ4n) is 1.99. The molecule has 0 aliphatic rings. The average molecular weight is 310 g/mol. The molecular weight excluding hydrogens is 292 g/mol. The predicted octanol–water partition coefficient (Wildman–Crippen LogP) is 0.197. The molecule has 0 aliphatic heterocycles. The zero-order valence-electron chi connectivity index (χ0n) is 12.1. The highest BCUT2D eigenvalue weighted by atomic mass is 32.2. The molecule has 0 saturated heterocycles. The van der Waals surface area contributed by atoms with E-state index in [1.807, 2.05) is 35.9 Å². The number of aryl methyl sites for hydroxylation is 1. The SMILES string of the molecule is Cc1cccn2cc(CNC(=O)[C@@H](C)NS(C)(=O)=O)nc12. The van der Waals surface area contributed by atoms with Crippen LogP contribution in [0.25, 0.3) is 5.65 Å². The summed E-state index contributed by atoms with van der Waals surface area (Å²) in [5.41, 5.74) is 2.59. The number of hydrogen-bond acceptors (Lipinski definition) is 4. The van der Waals surface area contributed by atoms with Crippen molar-refractivity contribution in [2.75, 3.05) is 6.26 Å². The van der Waals surface area contributed by atoms with Gasteiger partial charge in [0.05, 0.1) is 24.5 Å². The fraction of sp³-hybridized carbons (Fsp3) is 0.385. The molecule has 2 N–H and O–H groups in total. The second kappa shape index (κ2) is 5.82. The maximum atomic E-state index is 11.8. The number of rotatable bonds is 5. The number of aromatic nitrogens is 2. The molecule has 0 unspecified atom stereocenters. The fourth-order valence-corrected chi connectivity index (χ4v) is 2.74. The van der Waals surface area contributed by atoms with Crippen molar-refractivity contribution in [2.45, 2.75) is 26.4 Å². The molecule has 2 rings (SSSR count). The van der Waals surface area contributed by atoms with Crippen molar-refractivity contribution in [2.24, 2.45) is 0 Å². The van der Waals surface area contributed by atoms with Gasteiger partial charge >= 0.3 is 0 Å². The number of amides is 1. The molecule has 0 bridgehead atoms. The number of fused-ring (bicyclic) bond motifs is 1. The van der Waals surface area contributed by atoms with Crippen molar-refractivity contribution in [3.05, 3.63) is 35.8 Å². The van der Waals surface area contributed by atoms with Crippen LogP contribution in [0.5, 0.6) is 0 Å². The van der Waals surface area contributed by atoms with Gasteiger partial charge in [-0.1, -0.05) is 6.07 Å². The molecule has 21 heavy (non-hydrogen) atoms. The van der Waals surface area contributed by atoms with Gasteiger partial charge in [0.15, 0.2) is 0 Å². The third-order valence-electron chi connectivity index (χ3n) is 2.96. The van der Waals surface area contributed by atoms with Crippen molar-refractivity contribution in [3.63, 3.8) is 0 Å². The minimum Gasteiger partial charge on any atom is -0.349 e. The number of nitrogens with one attached hydrogen (secondary N) is 2. The summed E-state index contributed by atoms with van der Waals surface area (Å²) in [7, 11) is -3.41. The Balaban J connectivity index is 2.01. The van der Waals surface area contributed by atoms with Crippen LogP contribution in [0.4, 0.5) is 0 Å². The smallest absolute Gasteiger partial charge is 0.238 e. The summed E-state index contributed by atoms with van der Waals surface area (Å²) in [6.45, 7) is 3.70. The molecule has 2 aromatic heterocycles. The second-order valence-corrected chi connectivity index (χ2v) is 6.76. The minimum atomic E-state index is -3.41. The lowest BCUT2D eigenvalue weighted by Crippen LogP contribution is -2.44. The van der Waals surface area contributed by atoms with E-state index in [1.54, 1.807) is 0 Å². The Labute approximate surface area is 123 Å². The maximum Gasteiger partial charge on any atom is 0.238 e. The molecule has 2 heterocycles. The van der Waals surface area contributed by atoms with E-state index < -0.39 is 22.0 Å². The largest absolute Gasteiger partial charge is 0.349 e. The zero-order chi connectivity index (χ0) is 15.6. The van der Waals surface area contributed by atoms with E-state index in [-0.39, 0.29) is 6.54 Å². The molecule has 0 saturated carbocycles. The molecule has 0 aromatic carbocycles. The lowest BCUT2D eigenvalue weighted by molar-refractivity contribution is -0.122. The van der Waals surface area contributed by atoms with Gasteiger partial charge < -0.3 is 9.72 Å². The van der Waals surface area contributed by atoms with Gasteiger partial charge in [-0.2, -0.15) is 0 Å². The molecular formula is C13H18N4O3S. The van der Waals surface area contributed by atoms with Gasteiger partial charge in [-0.3, -0.25) is 4.79 Å². The summed E-state index contributed by atoms with van der Waals surface area (Å²) in [4.78, 5) is 16.2. The summed E-state index contributed by atoms with van der Waals surface area (Å²) in [6, 6.07) is 3.06. The molecule has 0 radical (unpaired) electrons. The van der Waals surface area contributed by atoms with E-state index in [9.17, 15) is 13.2 Å². The number of carbonyl (C=O) groups is 1. The molecule has 2 aromatic rings. The van der Waals surface area contributed by atoms with E-state index in [2.05, 4.69) is 15.0 Å². The quantitative estimate of drug-likeness (QED) is 0.825. The van der Waals surface area contributed by atoms with Crippen molar-refractivity contribution in [3.8, 4) is 0 Å². The average Bonchev–Trinajstić information content (AvgIpc) is 2.78. The third kappa shape index (κ3) is 4.02. The molecule has 0 aliphatic carbocycles. The van der Waals surface area contributed by atoms with Gasteiger partial charge in [0.1, 0.15) is 5.65 Å². The van der Waals surface area contributed by atoms with E-state index in [0.717, 1.165) is 17.5 Å². The van der Waals surface area contributed by atoms with E-state index in [1.165, 1.54) is 6.92 Å². The van der Waals surface area contributed by atoms with Gasteiger partial charge in [0.2, 0.25) is 15.9 Å². The monoisotopic (exact) mass is 310 g/mol. The van der Waals surface area contributed by atoms with Crippen LogP contribution in [0.2, 0.25) is 0 Å². The van der Waals surface area contributed by atoms with Crippen molar-refractivity contribution < 1.29 is 13.2 Å². The Morgan fingerprint density at radius 2 is 2.19 bits per heavy atom. The van der Waals surface area contributed by atoms with Crippen molar-refractivity contribution >= 4 is 21.6 Å². The first-order chi connectivity index (χ1) is 9.76. The molecule has 1 amide bonds. The zero-order valence-corrected chi connectivity index (χ0v) is 12.9. The lowest BCUT2D eigenvalue weighted by atomic mass is 10.3. The summed E-state index contributed by atoms with van der Waals surface area (Å²) in [5.74, 6) is -0.394. The van der Waals surface area contributed by atoms with E-state index in [0.29, 0.717) is 5.69 Å². The second-order valence-electron chi connectivity index (χ2n) is 4.98. The summed E-state index contributed by atoms with van der Waals surface area (Å²) in [5, 5.41) is 2.66. The lowest BCUT2D eigenvalue weighted by Gasteiger charge is -2.11. The Kier molecular flexibility index (Phi) is 4.29. The van der Waals surface area contributed by atoms with Crippen molar-refractivity contribution in [1.82, 2.24) is 19.4 Å². The molecule has 7 nitrogen and oxygen atoms in total. The Morgan fingerprint density at radius 3 is 2.81 bits per heavy atom. The first-order valence-electron chi connectivity index (χ1n) is 6.44. The van der Waals surface area contributed by atoms with E-state index in [4.69, 9.17) is 0 Å². The van der Waals surface area contributed by atoms with Gasteiger partial charge in [-0.25, -0.2) is 18.1 Å². The van der Waals surface area contributed by atoms with Crippen LogP contribution in [0.1, 0.15) is 18.2 Å². The maximum absolute atomic E-state index is 11.8. The van der Waals surface area contributed by atoms with Crippen LogP contribution >= 0.6 is 0 Å². The number of imidazole rings is 1. The number of pyridine rings is 1. The number of sulfonamides is 1. The number of carbonyl (C=O) groups excluding carboxylic acids is 1. The topological polar surface area (TPSA) is 92.6 Å². The van der Waals surface area contributed by atoms with Crippen LogP contribution < -0.4 is 10.0 Å². The molecule has 114 valence electrons. The first-order valence-corrected chi connectivity index (χ1v) is 8.33. The highest BCUT2D eigenvalue weighted by Crippen LogP contribution is 2.09. The Bertz CT molecular complexity index is 767. The van der Waals surface area contributed by atoms with Crippen LogP contribution in [-0.2, 0) is 21.4 Å². The molecule has 8 heteroatoms. The van der Waals surface area contributed by atoms with Crippen LogP contribution in [0.15, 0.2) is 24.5 Å². The summed E-state index contributed by atoms with van der Waals surface area (Å²) >= 11 is 0. The minimum absolute atomic E-state index is 0.246. The van der Waals surface area contributed by atoms with Crippen LogP contribution in [-0.4, -0.2) is 36.0 Å². The van der Waals surface area contributed by atoms with Gasteiger partial charge in [-0.05, 0) is 25.5 Å². The Morgan fingerprint density at radius 1 is 1.48 bits per heavy atom. The van der Waals surface area contributed by atoms with Gasteiger partial charge in [0.25, 0.3) is 0 Å². The molecule has 1 atom stereocenters. The van der Waals surface area contributed by atoms with E-state index >= 15 is 0 Å². The standard InChI is InChI=1S/C13H18N4O3S/c1-9-5-4-6-17-8-11(15-12(9)17)7-14-13(18)10(2)16-21(3,19)20/h4-6,8,10,16H,7H2,1-3H3,(H,14,18)/t10-/m1/s1. The highest BCUT2D eigenvalue weighted by Gasteiger charge is 2.16. The summed E-state index contributed by atoms with van der Waals surface area (Å²) in [6.07, 6.45) is 4.73. The number of nitrogens with zero attached hydrogens (tertiary/aromatic N) is 2. The van der Waals surface area contributed by atoms with Crippen molar-refractivity contribution in [1.29, 1.82) is 0 Å². The normalized spacial score (nSPS) is 13.3. The van der Waals surface area contributed by atoms with Gasteiger partial charge in [-0.15, -0.1) is 0 Å². The first kappa shape index (κ1) is 15.5.